The molecule has 1 fully saturated rings. The van der Waals surface area contributed by atoms with E-state index in [2.05, 4.69) is 10.9 Å². The molecular weight excluding hydrogens is 377 g/mol. The molecule has 2 aromatic rings. The summed E-state index contributed by atoms with van der Waals surface area (Å²) >= 11 is 11.6. The molecule has 8 heteroatoms. The van der Waals surface area contributed by atoms with Gasteiger partial charge >= 0.3 is 0 Å². The van der Waals surface area contributed by atoms with E-state index in [4.69, 9.17) is 23.2 Å². The van der Waals surface area contributed by atoms with E-state index in [0.29, 0.717) is 21.3 Å². The van der Waals surface area contributed by atoms with Crippen LogP contribution in [0.15, 0.2) is 48.5 Å². The van der Waals surface area contributed by atoms with E-state index in [1.807, 2.05) is 0 Å². The highest BCUT2D eigenvalue weighted by atomic mass is 35.5. The number of hydrazine groups is 1. The van der Waals surface area contributed by atoms with Gasteiger partial charge in [-0.3, -0.25) is 25.2 Å². The van der Waals surface area contributed by atoms with E-state index in [1.165, 1.54) is 4.90 Å². The number of nitrogens with one attached hydrogen (secondary N) is 2. The minimum atomic E-state index is -0.552. The van der Waals surface area contributed by atoms with Gasteiger partial charge in [0.1, 0.15) is 0 Å². The molecule has 1 atom stereocenters. The predicted molar refractivity (Wildman–Crippen MR) is 99.0 cm³/mol. The van der Waals surface area contributed by atoms with Gasteiger partial charge in [0.15, 0.2) is 0 Å². The number of hydrogen-bond acceptors (Lipinski definition) is 3. The van der Waals surface area contributed by atoms with Crippen molar-refractivity contribution in [3.05, 3.63) is 64.1 Å². The minimum Gasteiger partial charge on any atom is -0.312 e. The Morgan fingerprint density at radius 3 is 2.12 bits per heavy atom. The van der Waals surface area contributed by atoms with Crippen molar-refractivity contribution in [3.63, 3.8) is 0 Å². The highest BCUT2D eigenvalue weighted by molar-refractivity contribution is 6.31. The van der Waals surface area contributed by atoms with Crippen LogP contribution in [0.5, 0.6) is 0 Å². The van der Waals surface area contributed by atoms with Gasteiger partial charge in [-0.05, 0) is 48.5 Å². The SMILES string of the molecule is O=C(NNC(=O)[C@@H]1CC(=O)N(c2ccc(Cl)cc2)C1)c1ccc(Cl)cc1. The van der Waals surface area contributed by atoms with Gasteiger partial charge in [0.2, 0.25) is 11.8 Å². The van der Waals surface area contributed by atoms with Crippen molar-refractivity contribution < 1.29 is 14.4 Å². The zero-order chi connectivity index (χ0) is 18.7. The number of carbonyl (C=O) groups excluding carboxylic acids is 3. The fourth-order valence-corrected chi connectivity index (χ4v) is 2.90. The maximum absolute atomic E-state index is 12.3. The summed E-state index contributed by atoms with van der Waals surface area (Å²) in [7, 11) is 0. The lowest BCUT2D eigenvalue weighted by molar-refractivity contribution is -0.126. The molecule has 0 unspecified atom stereocenters. The second-order valence-electron chi connectivity index (χ2n) is 5.83. The molecule has 1 aliphatic rings. The van der Waals surface area contributed by atoms with Crippen molar-refractivity contribution in [2.45, 2.75) is 6.42 Å². The quantitative estimate of drug-likeness (QED) is 0.789. The standard InChI is InChI=1S/C18H15Cl2N3O3/c19-13-3-1-11(2-4-13)17(25)21-22-18(26)12-9-16(24)23(10-12)15-7-5-14(20)6-8-15/h1-8,12H,9-10H2,(H,21,25)(H,22,26)/t12-/m1/s1. The number of benzene rings is 2. The third-order valence-electron chi connectivity index (χ3n) is 4.04. The van der Waals surface area contributed by atoms with Crippen molar-refractivity contribution in [2.75, 3.05) is 11.4 Å². The number of hydrogen-bond donors (Lipinski definition) is 2. The van der Waals surface area contributed by atoms with Crippen molar-refractivity contribution in [1.29, 1.82) is 0 Å². The smallest absolute Gasteiger partial charge is 0.269 e. The normalized spacial score (nSPS) is 16.5. The third-order valence-corrected chi connectivity index (χ3v) is 4.54. The minimum absolute atomic E-state index is 0.0747. The lowest BCUT2D eigenvalue weighted by Gasteiger charge is -2.17. The molecule has 1 heterocycles. The molecule has 0 bridgehead atoms. The highest BCUT2D eigenvalue weighted by Crippen LogP contribution is 2.26. The van der Waals surface area contributed by atoms with Gasteiger partial charge in [0.05, 0.1) is 5.92 Å². The van der Waals surface area contributed by atoms with Gasteiger partial charge in [0, 0.05) is 34.3 Å². The highest BCUT2D eigenvalue weighted by Gasteiger charge is 2.35. The molecular formula is C18H15Cl2N3O3. The lowest BCUT2D eigenvalue weighted by atomic mass is 10.1. The van der Waals surface area contributed by atoms with Crippen LogP contribution in [0.3, 0.4) is 0 Å². The first-order valence-electron chi connectivity index (χ1n) is 7.86. The maximum atomic E-state index is 12.3. The zero-order valence-electron chi connectivity index (χ0n) is 13.5. The van der Waals surface area contributed by atoms with Gasteiger partial charge in [-0.2, -0.15) is 0 Å². The molecule has 1 aliphatic heterocycles. The van der Waals surface area contributed by atoms with Gasteiger partial charge in [-0.25, -0.2) is 0 Å². The summed E-state index contributed by atoms with van der Waals surface area (Å²) < 4.78 is 0. The molecule has 6 nitrogen and oxygen atoms in total. The Kier molecular flexibility index (Phi) is 5.44. The fourth-order valence-electron chi connectivity index (χ4n) is 2.65. The topological polar surface area (TPSA) is 78.5 Å². The van der Waals surface area contributed by atoms with E-state index in [1.54, 1.807) is 48.5 Å². The molecule has 3 rings (SSSR count). The Bertz CT molecular complexity index is 838. The number of nitrogens with zero attached hydrogens (tertiary/aromatic N) is 1. The van der Waals surface area contributed by atoms with Gasteiger partial charge < -0.3 is 4.90 Å². The summed E-state index contributed by atoms with van der Waals surface area (Å²) in [6, 6.07) is 13.1. The molecule has 2 aromatic carbocycles. The van der Waals surface area contributed by atoms with Crippen LogP contribution in [-0.4, -0.2) is 24.3 Å². The summed E-state index contributed by atoms with van der Waals surface area (Å²) in [6.07, 6.45) is 0.0747. The number of amides is 3. The molecule has 3 amide bonds. The Morgan fingerprint density at radius 1 is 0.923 bits per heavy atom. The molecule has 134 valence electrons. The summed E-state index contributed by atoms with van der Waals surface area (Å²) in [5.74, 6) is -1.59. The molecule has 0 aromatic heterocycles. The fraction of sp³-hybridized carbons (Fsp3) is 0.167. The number of halogens is 2. The van der Waals surface area contributed by atoms with Crippen LogP contribution >= 0.6 is 23.2 Å². The van der Waals surface area contributed by atoms with Crippen LogP contribution in [0.2, 0.25) is 10.0 Å². The molecule has 0 spiro atoms. The van der Waals surface area contributed by atoms with E-state index < -0.39 is 17.7 Å². The average molecular weight is 392 g/mol. The molecule has 0 radical (unpaired) electrons. The van der Waals surface area contributed by atoms with Crippen LogP contribution in [-0.2, 0) is 9.59 Å². The van der Waals surface area contributed by atoms with Gasteiger partial charge in [-0.15, -0.1) is 0 Å². The average Bonchev–Trinajstić information content (AvgIpc) is 3.02. The van der Waals surface area contributed by atoms with E-state index >= 15 is 0 Å². The predicted octanol–water partition coefficient (Wildman–Crippen LogP) is 2.81. The van der Waals surface area contributed by atoms with Crippen LogP contribution in [0.4, 0.5) is 5.69 Å². The molecule has 1 saturated heterocycles. The van der Waals surface area contributed by atoms with Crippen molar-refractivity contribution in [3.8, 4) is 0 Å². The Labute approximate surface area is 160 Å². The zero-order valence-corrected chi connectivity index (χ0v) is 15.1. The third kappa shape index (κ3) is 4.15. The lowest BCUT2D eigenvalue weighted by Crippen LogP contribution is -2.45. The molecule has 26 heavy (non-hydrogen) atoms. The molecule has 2 N–H and O–H groups in total. The Hall–Kier alpha value is -2.57. The van der Waals surface area contributed by atoms with Gasteiger partial charge in [0.25, 0.3) is 5.91 Å². The van der Waals surface area contributed by atoms with Crippen LogP contribution < -0.4 is 15.8 Å². The van der Waals surface area contributed by atoms with Crippen LogP contribution in [0.25, 0.3) is 0 Å². The first-order chi connectivity index (χ1) is 12.4. The van der Waals surface area contributed by atoms with E-state index in [9.17, 15) is 14.4 Å². The first-order valence-corrected chi connectivity index (χ1v) is 8.61. The molecule has 0 aliphatic carbocycles. The Morgan fingerprint density at radius 2 is 1.50 bits per heavy atom. The summed E-state index contributed by atoms with van der Waals surface area (Å²) in [5.41, 5.74) is 5.75. The van der Waals surface area contributed by atoms with Crippen LogP contribution in [0.1, 0.15) is 16.8 Å². The summed E-state index contributed by atoms with van der Waals surface area (Å²) in [4.78, 5) is 38.0. The summed E-state index contributed by atoms with van der Waals surface area (Å²) in [5, 5.41) is 1.08. The molecule has 0 saturated carbocycles. The monoisotopic (exact) mass is 391 g/mol. The van der Waals surface area contributed by atoms with Crippen molar-refractivity contribution >= 4 is 46.6 Å². The van der Waals surface area contributed by atoms with E-state index in [0.717, 1.165) is 0 Å². The number of carbonyl (C=O) groups is 3. The Balaban J connectivity index is 1.57. The second-order valence-corrected chi connectivity index (χ2v) is 6.70. The number of rotatable bonds is 3. The maximum Gasteiger partial charge on any atom is 0.269 e. The largest absolute Gasteiger partial charge is 0.312 e. The first kappa shape index (κ1) is 18.2. The number of anilines is 1. The second kappa shape index (κ2) is 7.76. The van der Waals surface area contributed by atoms with E-state index in [-0.39, 0.29) is 18.9 Å². The van der Waals surface area contributed by atoms with Crippen molar-refractivity contribution in [1.82, 2.24) is 10.9 Å². The van der Waals surface area contributed by atoms with Crippen LogP contribution in [0, 0.1) is 5.92 Å². The summed E-state index contributed by atoms with van der Waals surface area (Å²) in [6.45, 7) is 0.239. The van der Waals surface area contributed by atoms with Gasteiger partial charge in [-0.1, -0.05) is 23.2 Å². The van der Waals surface area contributed by atoms with Crippen molar-refractivity contribution in [2.24, 2.45) is 5.92 Å².